The molecule has 0 spiro atoms. The fourth-order valence-electron chi connectivity index (χ4n) is 8.01. The summed E-state index contributed by atoms with van der Waals surface area (Å²) in [4.78, 5) is 58.3. The molecular weight excluding hydrogens is 1170 g/mol. The molecule has 89 heavy (non-hydrogen) atoms. The van der Waals surface area contributed by atoms with E-state index in [2.05, 4.69) is 154 Å². The molecule has 0 aliphatic rings. The number of aliphatic hydroxyl groups excluding tert-OH is 2. The molecule has 5 atom stereocenters. The van der Waals surface area contributed by atoms with Gasteiger partial charge in [0.25, 0.3) is 0 Å². The highest BCUT2D eigenvalue weighted by molar-refractivity contribution is 7.47. The SMILES string of the molecule is CC/C=C\C/C=C\C/C=C\C/C=C\C/C=C\CCCC(=O)OCC(COP(=O)(O)OCC(O)COP(=O)(O)OCC(O)COC(=O)CCCCCCCC/C=C\C/C=C\C/C=C\CCCCC)OC(=O)CCCCCC/C=C\C/C=C\C/C=C\C/C=C\CC. The second kappa shape index (κ2) is 63.6. The summed E-state index contributed by atoms with van der Waals surface area (Å²) < 4.78 is 60.7. The highest BCUT2D eigenvalue weighted by Gasteiger charge is 2.29. The van der Waals surface area contributed by atoms with Gasteiger partial charge in [-0.3, -0.25) is 32.5 Å². The van der Waals surface area contributed by atoms with Crippen LogP contribution in [0.5, 0.6) is 0 Å². The Morgan fingerprint density at radius 3 is 0.989 bits per heavy atom. The van der Waals surface area contributed by atoms with Gasteiger partial charge in [-0.1, -0.05) is 218 Å². The third-order valence-corrected chi connectivity index (χ3v) is 14.9. The molecule has 0 aromatic heterocycles. The molecule has 0 heterocycles. The van der Waals surface area contributed by atoms with Crippen molar-refractivity contribution in [3.05, 3.63) is 146 Å². The van der Waals surface area contributed by atoms with E-state index in [4.69, 9.17) is 32.3 Å². The summed E-state index contributed by atoms with van der Waals surface area (Å²) in [5.74, 6) is -1.70. The Kier molecular flexibility index (Phi) is 60.3. The predicted octanol–water partition coefficient (Wildman–Crippen LogP) is 18.2. The monoisotopic (exact) mass is 1290 g/mol. The third-order valence-electron chi connectivity index (χ3n) is 13.0. The van der Waals surface area contributed by atoms with E-state index in [0.29, 0.717) is 25.7 Å². The van der Waals surface area contributed by atoms with Crippen LogP contribution in [0.4, 0.5) is 0 Å². The number of rotatable bonds is 61. The summed E-state index contributed by atoms with van der Waals surface area (Å²) in [5, 5.41) is 20.5. The zero-order valence-electron chi connectivity index (χ0n) is 54.5. The molecule has 0 bridgehead atoms. The van der Waals surface area contributed by atoms with Gasteiger partial charge in [-0.05, 0) is 135 Å². The molecule has 5 unspecified atom stereocenters. The van der Waals surface area contributed by atoms with E-state index in [1.807, 2.05) is 12.2 Å². The Hall–Kier alpha value is -4.57. The van der Waals surface area contributed by atoms with E-state index in [0.717, 1.165) is 141 Å². The highest BCUT2D eigenvalue weighted by Crippen LogP contribution is 2.45. The maximum absolute atomic E-state index is 12.9. The van der Waals surface area contributed by atoms with Gasteiger partial charge in [0.2, 0.25) is 0 Å². The van der Waals surface area contributed by atoms with Crippen molar-refractivity contribution in [2.24, 2.45) is 0 Å². The van der Waals surface area contributed by atoms with Crippen molar-refractivity contribution in [3.8, 4) is 0 Å². The lowest BCUT2D eigenvalue weighted by Crippen LogP contribution is -2.30. The van der Waals surface area contributed by atoms with Gasteiger partial charge in [-0.15, -0.1) is 0 Å². The van der Waals surface area contributed by atoms with Crippen LogP contribution in [-0.4, -0.2) is 95.9 Å². The van der Waals surface area contributed by atoms with Crippen molar-refractivity contribution < 1.29 is 75.8 Å². The molecule has 0 aromatic rings. The van der Waals surface area contributed by atoms with Crippen molar-refractivity contribution in [1.29, 1.82) is 0 Å². The largest absolute Gasteiger partial charge is 0.472 e. The maximum atomic E-state index is 12.9. The Morgan fingerprint density at radius 1 is 0.326 bits per heavy atom. The van der Waals surface area contributed by atoms with Gasteiger partial charge in [-0.2, -0.15) is 0 Å². The Labute approximate surface area is 537 Å². The van der Waals surface area contributed by atoms with Crippen LogP contribution >= 0.6 is 15.6 Å². The number of unbranched alkanes of at least 4 members (excludes halogenated alkanes) is 14. The average molecular weight is 1290 g/mol. The van der Waals surface area contributed by atoms with Crippen LogP contribution in [0.15, 0.2) is 146 Å². The van der Waals surface area contributed by atoms with E-state index >= 15 is 0 Å². The first-order valence-corrected chi connectivity index (χ1v) is 36.1. The molecule has 0 aliphatic carbocycles. The summed E-state index contributed by atoms with van der Waals surface area (Å²) >= 11 is 0. The molecule has 0 aromatic carbocycles. The smallest absolute Gasteiger partial charge is 0.463 e. The molecule has 18 heteroatoms. The molecule has 0 saturated heterocycles. The molecule has 0 aliphatic heterocycles. The summed E-state index contributed by atoms with van der Waals surface area (Å²) in [6, 6.07) is 0. The number of carbonyl (C=O) groups is 3. The number of hydrogen-bond donors (Lipinski definition) is 4. The number of phosphoric ester groups is 2. The Balaban J connectivity index is 4.80. The van der Waals surface area contributed by atoms with Gasteiger partial charge in [0.1, 0.15) is 25.4 Å². The zero-order valence-corrected chi connectivity index (χ0v) is 56.3. The molecule has 0 fully saturated rings. The topological polar surface area (TPSA) is 231 Å². The van der Waals surface area contributed by atoms with Gasteiger partial charge < -0.3 is 34.2 Å². The molecule has 4 N–H and O–H groups in total. The van der Waals surface area contributed by atoms with Crippen LogP contribution in [0.1, 0.15) is 226 Å². The van der Waals surface area contributed by atoms with Gasteiger partial charge in [-0.25, -0.2) is 9.13 Å². The van der Waals surface area contributed by atoms with Crippen LogP contribution in [0.2, 0.25) is 0 Å². The van der Waals surface area contributed by atoms with Crippen molar-refractivity contribution in [1.82, 2.24) is 0 Å². The normalized spacial score (nSPS) is 15.2. The number of hydrogen-bond acceptors (Lipinski definition) is 14. The third kappa shape index (κ3) is 64.8. The number of allylic oxidation sites excluding steroid dienone is 24. The fraction of sp³-hybridized carbons (Fsp3) is 0.620. The number of ether oxygens (including phenoxy) is 3. The summed E-state index contributed by atoms with van der Waals surface area (Å²) in [6.07, 6.45) is 74.8. The zero-order chi connectivity index (χ0) is 65.3. The van der Waals surface area contributed by atoms with Gasteiger partial charge in [0, 0.05) is 19.3 Å². The number of aliphatic hydroxyl groups is 2. The summed E-state index contributed by atoms with van der Waals surface area (Å²) in [6.45, 7) is 2.26. The van der Waals surface area contributed by atoms with Gasteiger partial charge in [0.15, 0.2) is 6.10 Å². The van der Waals surface area contributed by atoms with E-state index in [-0.39, 0.29) is 19.3 Å². The highest BCUT2D eigenvalue weighted by atomic mass is 31.2. The minimum Gasteiger partial charge on any atom is -0.463 e. The van der Waals surface area contributed by atoms with Crippen LogP contribution in [-0.2, 0) is 55.8 Å². The Bertz CT molecular complexity index is 2210. The second-order valence-corrected chi connectivity index (χ2v) is 24.4. The summed E-state index contributed by atoms with van der Waals surface area (Å²) in [7, 11) is -9.81. The maximum Gasteiger partial charge on any atom is 0.472 e. The lowest BCUT2D eigenvalue weighted by Gasteiger charge is -2.21. The predicted molar refractivity (Wildman–Crippen MR) is 362 cm³/mol. The number of phosphoric acid groups is 2. The number of carbonyl (C=O) groups excluding carboxylic acids is 3. The van der Waals surface area contributed by atoms with Crippen LogP contribution in [0.25, 0.3) is 0 Å². The first-order valence-electron chi connectivity index (χ1n) is 33.1. The van der Waals surface area contributed by atoms with Crippen molar-refractivity contribution in [2.75, 3.05) is 39.6 Å². The van der Waals surface area contributed by atoms with Crippen molar-refractivity contribution in [2.45, 2.75) is 245 Å². The van der Waals surface area contributed by atoms with Crippen molar-refractivity contribution >= 4 is 33.6 Å². The quantitative estimate of drug-likeness (QED) is 0.0146. The molecule has 0 rings (SSSR count). The lowest BCUT2D eigenvalue weighted by atomic mass is 10.1. The number of esters is 3. The van der Waals surface area contributed by atoms with Crippen molar-refractivity contribution in [3.63, 3.8) is 0 Å². The lowest BCUT2D eigenvalue weighted by molar-refractivity contribution is -0.161. The van der Waals surface area contributed by atoms with E-state index in [1.165, 1.54) is 19.3 Å². The van der Waals surface area contributed by atoms with Gasteiger partial charge >= 0.3 is 33.6 Å². The first-order chi connectivity index (χ1) is 43.2. The van der Waals surface area contributed by atoms with Crippen LogP contribution < -0.4 is 0 Å². The minimum atomic E-state index is -4.95. The first kappa shape index (κ1) is 84.4. The van der Waals surface area contributed by atoms with Gasteiger partial charge in [0.05, 0.1) is 26.4 Å². The molecule has 0 amide bonds. The molecular formula is C71H116O16P2. The van der Waals surface area contributed by atoms with E-state index in [9.17, 15) is 43.5 Å². The minimum absolute atomic E-state index is 0.0581. The molecule has 16 nitrogen and oxygen atoms in total. The molecule has 0 saturated carbocycles. The average Bonchev–Trinajstić information content (AvgIpc) is 3.67. The van der Waals surface area contributed by atoms with Crippen LogP contribution in [0, 0.1) is 0 Å². The standard InChI is InChI=1S/C71H116O16P2/c1-4-7-10-13-16-19-22-25-28-31-32-35-37-39-42-45-48-51-54-57-69(74)81-60-66(72)61-83-88(77,78)84-62-67(73)63-85-89(79,80)86-65-68(87-71(76)59-56-53-50-47-44-41-38-34-30-27-24-21-18-15-12-9-6-3)64-82-70(75)58-55-52-49-46-43-40-36-33-29-26-23-20-17-14-11-8-5-2/h8-9,11-12,16-21,25-30,32,35-36,38,40-41,46,49,66-68,72-73H,4-7,10,13-15,22-24,31,33-34,37,39,42-45,47-48,50-65H2,1-3H3,(H,77,78)(H,79,80)/b11-8-,12-9-,19-16-,20-17-,21-18-,28-25-,29-26-,30-27-,35-32-,40-36-,41-38-,49-46-. The van der Waals surface area contributed by atoms with E-state index < -0.39 is 91.5 Å². The second-order valence-electron chi connectivity index (χ2n) is 21.5. The fourth-order valence-corrected chi connectivity index (χ4v) is 9.60. The van der Waals surface area contributed by atoms with Crippen LogP contribution in [0.3, 0.4) is 0 Å². The van der Waals surface area contributed by atoms with E-state index in [1.54, 1.807) is 0 Å². The Morgan fingerprint density at radius 2 is 0.607 bits per heavy atom. The molecule has 506 valence electrons. The summed E-state index contributed by atoms with van der Waals surface area (Å²) in [5.41, 5.74) is 0. The molecule has 0 radical (unpaired) electrons.